The molecule has 0 atom stereocenters. The zero-order valence-electron chi connectivity index (χ0n) is 21.1. The van der Waals surface area contributed by atoms with Gasteiger partial charge >= 0.3 is 0 Å². The monoisotopic (exact) mass is 501 g/mol. The molecule has 37 heavy (non-hydrogen) atoms. The molecule has 0 spiro atoms. The predicted molar refractivity (Wildman–Crippen MR) is 143 cm³/mol. The highest BCUT2D eigenvalue weighted by Crippen LogP contribution is 2.26. The number of aryl methyl sites for hydroxylation is 1. The van der Waals surface area contributed by atoms with Gasteiger partial charge in [-0.15, -0.1) is 0 Å². The van der Waals surface area contributed by atoms with E-state index in [1.165, 1.54) is 17.9 Å². The third-order valence-corrected chi connectivity index (χ3v) is 6.97. The Hall–Kier alpha value is -3.62. The van der Waals surface area contributed by atoms with E-state index >= 15 is 4.39 Å². The van der Waals surface area contributed by atoms with Crippen molar-refractivity contribution < 1.29 is 8.81 Å². The number of anilines is 1. The van der Waals surface area contributed by atoms with Crippen molar-refractivity contribution in [3.8, 4) is 0 Å². The number of nitrogens with zero attached hydrogens (tertiary/aromatic N) is 5. The van der Waals surface area contributed by atoms with Crippen LogP contribution in [0.5, 0.6) is 0 Å². The Balaban J connectivity index is 1.36. The fourth-order valence-corrected chi connectivity index (χ4v) is 4.83. The molecular formula is C29H32FN5O2. The van der Waals surface area contributed by atoms with Gasteiger partial charge in [0.1, 0.15) is 11.4 Å². The highest BCUT2D eigenvalue weighted by Gasteiger charge is 2.20. The first-order valence-electron chi connectivity index (χ1n) is 12.7. The van der Waals surface area contributed by atoms with Crippen LogP contribution < -0.4 is 10.3 Å². The van der Waals surface area contributed by atoms with Gasteiger partial charge in [0.15, 0.2) is 5.43 Å². The molecule has 0 aliphatic carbocycles. The van der Waals surface area contributed by atoms with Crippen LogP contribution in [0.2, 0.25) is 0 Å². The van der Waals surface area contributed by atoms with Crippen molar-refractivity contribution >= 4 is 16.7 Å². The van der Waals surface area contributed by atoms with E-state index in [9.17, 15) is 4.79 Å². The highest BCUT2D eigenvalue weighted by atomic mass is 19.1. The van der Waals surface area contributed by atoms with Crippen molar-refractivity contribution in [1.29, 1.82) is 0 Å². The van der Waals surface area contributed by atoms with Crippen molar-refractivity contribution in [3.63, 3.8) is 0 Å². The fraction of sp³-hybridized carbons (Fsp3) is 0.345. The number of hydrogen-bond donors (Lipinski definition) is 0. The van der Waals surface area contributed by atoms with Crippen LogP contribution in [-0.2, 0) is 19.5 Å². The number of benzene rings is 1. The molecule has 0 amide bonds. The smallest absolute Gasteiger partial charge is 0.197 e. The van der Waals surface area contributed by atoms with E-state index < -0.39 is 0 Å². The van der Waals surface area contributed by atoms with Gasteiger partial charge in [-0.3, -0.25) is 19.7 Å². The van der Waals surface area contributed by atoms with Gasteiger partial charge in [0.2, 0.25) is 0 Å². The molecular weight excluding hydrogens is 469 g/mol. The molecule has 0 radical (unpaired) electrons. The molecule has 8 heteroatoms. The van der Waals surface area contributed by atoms with Crippen molar-refractivity contribution in [2.24, 2.45) is 0 Å². The fourth-order valence-electron chi connectivity index (χ4n) is 4.83. The van der Waals surface area contributed by atoms with Crippen molar-refractivity contribution in [1.82, 2.24) is 19.8 Å². The first-order valence-corrected chi connectivity index (χ1v) is 12.7. The average Bonchev–Trinajstić information content (AvgIpc) is 2.92. The maximum atomic E-state index is 15.1. The minimum Gasteiger partial charge on any atom is -0.464 e. The summed E-state index contributed by atoms with van der Waals surface area (Å²) in [6.07, 6.45) is 10.6. The topological polar surface area (TPSA) is 65.7 Å². The van der Waals surface area contributed by atoms with E-state index in [2.05, 4.69) is 32.9 Å². The molecule has 192 valence electrons. The quantitative estimate of drug-likeness (QED) is 0.342. The normalized spacial score (nSPS) is 14.5. The van der Waals surface area contributed by atoms with Crippen LogP contribution in [0.3, 0.4) is 0 Å². The van der Waals surface area contributed by atoms with Gasteiger partial charge in [0, 0.05) is 75.7 Å². The van der Waals surface area contributed by atoms with E-state index in [0.29, 0.717) is 29.9 Å². The Morgan fingerprint density at radius 3 is 2.57 bits per heavy atom. The minimum absolute atomic E-state index is 0.183. The second kappa shape index (κ2) is 11.6. The van der Waals surface area contributed by atoms with E-state index in [-0.39, 0.29) is 16.6 Å². The van der Waals surface area contributed by atoms with Crippen LogP contribution in [-0.4, -0.2) is 59.5 Å². The summed E-state index contributed by atoms with van der Waals surface area (Å²) in [5.41, 5.74) is 3.55. The number of likely N-dealkylation sites (N-methyl/N-ethyl adjacent to an activating group) is 1. The maximum Gasteiger partial charge on any atom is 0.197 e. The molecule has 3 aromatic heterocycles. The number of halogens is 1. The van der Waals surface area contributed by atoms with E-state index in [0.717, 1.165) is 51.1 Å². The summed E-state index contributed by atoms with van der Waals surface area (Å²) in [7, 11) is 2.06. The molecule has 0 unspecified atom stereocenters. The van der Waals surface area contributed by atoms with Gasteiger partial charge in [-0.25, -0.2) is 4.39 Å². The zero-order chi connectivity index (χ0) is 25.6. The zero-order valence-corrected chi connectivity index (χ0v) is 21.1. The van der Waals surface area contributed by atoms with Crippen LogP contribution in [0.1, 0.15) is 23.1 Å². The van der Waals surface area contributed by atoms with E-state index in [1.807, 2.05) is 29.3 Å². The molecule has 1 aromatic carbocycles. The van der Waals surface area contributed by atoms with Crippen molar-refractivity contribution in [2.45, 2.75) is 25.9 Å². The lowest BCUT2D eigenvalue weighted by Gasteiger charge is -2.34. The molecule has 1 aliphatic heterocycles. The summed E-state index contributed by atoms with van der Waals surface area (Å²) in [5, 5.41) is 0.284. The molecule has 1 aliphatic rings. The molecule has 0 saturated carbocycles. The van der Waals surface area contributed by atoms with Gasteiger partial charge in [-0.05, 0) is 61.8 Å². The number of pyridine rings is 2. The highest BCUT2D eigenvalue weighted by molar-refractivity contribution is 5.81. The molecule has 7 nitrogen and oxygen atoms in total. The minimum atomic E-state index is -0.383. The van der Waals surface area contributed by atoms with Gasteiger partial charge in [0.25, 0.3) is 0 Å². The van der Waals surface area contributed by atoms with Crippen LogP contribution in [0, 0.1) is 5.82 Å². The summed E-state index contributed by atoms with van der Waals surface area (Å²) in [6, 6.07) is 11.0. The van der Waals surface area contributed by atoms with Gasteiger partial charge in [0.05, 0.1) is 17.3 Å². The lowest BCUT2D eigenvalue weighted by molar-refractivity contribution is 0.251. The molecule has 0 bridgehead atoms. The van der Waals surface area contributed by atoms with Crippen molar-refractivity contribution in [3.05, 3.63) is 100 Å². The molecule has 4 heterocycles. The molecule has 1 fully saturated rings. The molecule has 4 aromatic rings. The number of aromatic nitrogens is 2. The largest absolute Gasteiger partial charge is 0.464 e. The Morgan fingerprint density at radius 2 is 1.81 bits per heavy atom. The number of rotatable bonds is 9. The molecule has 0 N–H and O–H groups in total. The van der Waals surface area contributed by atoms with Crippen LogP contribution in [0.4, 0.5) is 10.1 Å². The lowest BCUT2D eigenvalue weighted by Crippen LogP contribution is -2.44. The first-order chi connectivity index (χ1) is 18.1. The SMILES string of the molecule is CN1CCN(c2cc3occ(CN(CCCc4cccnc4)Cc4ccncc4)c(=O)c3cc2F)CC1. The summed E-state index contributed by atoms with van der Waals surface area (Å²) in [4.78, 5) is 28.2. The molecule has 1 saturated heterocycles. The van der Waals surface area contributed by atoms with E-state index in [1.54, 1.807) is 24.7 Å². The predicted octanol–water partition coefficient (Wildman–Crippen LogP) is 4.11. The lowest BCUT2D eigenvalue weighted by atomic mass is 10.1. The van der Waals surface area contributed by atoms with Gasteiger partial charge in [-0.1, -0.05) is 6.07 Å². The van der Waals surface area contributed by atoms with E-state index in [4.69, 9.17) is 4.42 Å². The summed E-state index contributed by atoms with van der Waals surface area (Å²) in [6.45, 7) is 5.09. The number of fused-ring (bicyclic) bond motifs is 1. The molecule has 5 rings (SSSR count). The Morgan fingerprint density at radius 1 is 1.00 bits per heavy atom. The average molecular weight is 502 g/mol. The van der Waals surface area contributed by atoms with Crippen molar-refractivity contribution in [2.75, 3.05) is 44.7 Å². The second-order valence-corrected chi connectivity index (χ2v) is 9.71. The number of piperazine rings is 1. The standard InChI is InChI=1S/C29H32FN5O2/c1-33-12-14-35(15-13-33)27-17-28-25(16-26(27)30)29(36)24(21-37-28)20-34(19-23-6-9-31-10-7-23)11-3-5-22-4-2-8-32-18-22/h2,4,6-10,16-18,21H,3,5,11-15,19-20H2,1H3. The Bertz CT molecular complexity index is 1370. The van der Waals surface area contributed by atoms with Gasteiger partial charge < -0.3 is 14.2 Å². The maximum absolute atomic E-state index is 15.1. The van der Waals surface area contributed by atoms with Crippen LogP contribution in [0.15, 0.2) is 76.7 Å². The Kier molecular flexibility index (Phi) is 7.87. The third-order valence-electron chi connectivity index (χ3n) is 6.97. The van der Waals surface area contributed by atoms with Gasteiger partial charge in [-0.2, -0.15) is 0 Å². The second-order valence-electron chi connectivity index (χ2n) is 9.71. The van der Waals surface area contributed by atoms with Crippen LogP contribution in [0.25, 0.3) is 11.0 Å². The van der Waals surface area contributed by atoms with Crippen LogP contribution >= 0.6 is 0 Å². The number of hydrogen-bond acceptors (Lipinski definition) is 7. The summed E-state index contributed by atoms with van der Waals surface area (Å²) >= 11 is 0. The Labute approximate surface area is 216 Å². The third kappa shape index (κ3) is 6.21. The summed E-state index contributed by atoms with van der Waals surface area (Å²) in [5.74, 6) is -0.383. The summed E-state index contributed by atoms with van der Waals surface area (Å²) < 4.78 is 21.0. The first kappa shape index (κ1) is 25.0.